The van der Waals surface area contributed by atoms with E-state index in [4.69, 9.17) is 18.9 Å². The van der Waals surface area contributed by atoms with Crippen molar-refractivity contribution < 1.29 is 28.5 Å². The Morgan fingerprint density at radius 2 is 0.694 bits per heavy atom. The van der Waals surface area contributed by atoms with Crippen LogP contribution in [-0.4, -0.2) is 25.2 Å². The molecule has 5 rings (SSSR count). The zero-order valence-corrected chi connectivity index (χ0v) is 43.0. The van der Waals surface area contributed by atoms with E-state index in [0.29, 0.717) is 36.0 Å². The number of azo groups is 2. The van der Waals surface area contributed by atoms with Crippen LogP contribution >= 0.6 is 0 Å². The number of ether oxygens (including phenoxy) is 4. The molecule has 0 atom stereocenters. The molecule has 0 saturated heterocycles. The van der Waals surface area contributed by atoms with E-state index in [-0.39, 0.29) is 28.2 Å². The Morgan fingerprint density at radius 1 is 0.389 bits per heavy atom. The molecule has 0 bridgehead atoms. The van der Waals surface area contributed by atoms with E-state index in [1.807, 2.05) is 54.6 Å². The highest BCUT2D eigenvalue weighted by Crippen LogP contribution is 2.28. The molecule has 0 fully saturated rings. The van der Waals surface area contributed by atoms with Crippen molar-refractivity contribution in [1.29, 1.82) is 5.26 Å². The largest absolute Gasteiger partial charge is 0.494 e. The van der Waals surface area contributed by atoms with Gasteiger partial charge in [0.05, 0.1) is 52.7 Å². The molecule has 0 saturated carbocycles. The first-order chi connectivity index (χ1) is 35.4. The van der Waals surface area contributed by atoms with Gasteiger partial charge in [0.25, 0.3) is 0 Å². The van der Waals surface area contributed by atoms with Gasteiger partial charge in [-0.15, -0.1) is 0 Å². The second-order valence-corrected chi connectivity index (χ2v) is 18.5. The molecule has 5 aromatic carbocycles. The van der Waals surface area contributed by atoms with Gasteiger partial charge in [-0.05, 0) is 122 Å². The molecule has 72 heavy (non-hydrogen) atoms. The number of nitrogens with zero attached hydrogens (tertiary/aromatic N) is 5. The average molecular weight is 976 g/mol. The fourth-order valence-electron chi connectivity index (χ4n) is 8.11. The number of carbonyl (C=O) groups excluding carboxylic acids is 2. The number of esters is 2. The third-order valence-electron chi connectivity index (χ3n) is 12.5. The lowest BCUT2D eigenvalue weighted by atomic mass is 10.1. The highest BCUT2D eigenvalue weighted by molar-refractivity contribution is 5.92. The van der Waals surface area contributed by atoms with E-state index < -0.39 is 11.9 Å². The van der Waals surface area contributed by atoms with Gasteiger partial charge < -0.3 is 18.9 Å². The number of hydrogen-bond acceptors (Lipinski definition) is 11. The molecule has 0 heterocycles. The Morgan fingerprint density at radius 3 is 1.04 bits per heavy atom. The van der Waals surface area contributed by atoms with Gasteiger partial charge in [0, 0.05) is 6.07 Å². The van der Waals surface area contributed by atoms with Gasteiger partial charge in [0.2, 0.25) is 0 Å². The second-order valence-electron chi connectivity index (χ2n) is 18.5. The maximum atomic E-state index is 13.2. The zero-order valence-electron chi connectivity index (χ0n) is 43.0. The number of hydrogen-bond donors (Lipinski definition) is 0. The predicted octanol–water partition coefficient (Wildman–Crippen LogP) is 19.0. The fourth-order valence-corrected chi connectivity index (χ4v) is 8.11. The summed E-state index contributed by atoms with van der Waals surface area (Å²) in [5.41, 5.74) is 3.04. The van der Waals surface area contributed by atoms with Crippen molar-refractivity contribution in [2.45, 2.75) is 168 Å². The van der Waals surface area contributed by atoms with Crippen LogP contribution in [0, 0.1) is 11.3 Å². The predicted molar refractivity (Wildman–Crippen MR) is 288 cm³/mol. The first-order valence-electron chi connectivity index (χ1n) is 26.9. The molecular weight excluding hydrogens is 899 g/mol. The number of unbranched alkanes of at least 4 members (excludes halogenated alkanes) is 22. The van der Waals surface area contributed by atoms with Crippen molar-refractivity contribution in [2.75, 3.05) is 13.2 Å². The van der Waals surface area contributed by atoms with Crippen molar-refractivity contribution in [3.8, 4) is 29.1 Å². The van der Waals surface area contributed by atoms with Crippen LogP contribution in [0.2, 0.25) is 0 Å². The van der Waals surface area contributed by atoms with E-state index in [2.05, 4.69) is 34.3 Å². The smallest absolute Gasteiger partial charge is 0.343 e. The summed E-state index contributed by atoms with van der Waals surface area (Å²) in [7, 11) is 0. The Kier molecular flexibility index (Phi) is 27.0. The van der Waals surface area contributed by atoms with Crippen LogP contribution in [0.25, 0.3) is 0 Å². The standard InChI is InChI=1S/C61H77N5O6/c1-3-5-7-9-11-13-15-17-19-21-23-25-45-69-56-41-36-54(37-42-56)65-63-52-32-27-49(28-33-52)60(67)71-58-40-31-51(48-62)59(47-58)72-61(68)50-29-34-53(35-30-50)64-66-55-38-43-57(44-39-55)70-46-26-24-22-20-18-16-14-12-10-8-6-4-2/h27-44,47H,3-26,45-46H2,1-2H3. The fraction of sp³-hybridized carbons (Fsp3) is 0.459. The number of carbonyl (C=O) groups is 2. The highest BCUT2D eigenvalue weighted by atomic mass is 16.5. The zero-order chi connectivity index (χ0) is 50.7. The Bertz CT molecular complexity index is 2390. The number of nitriles is 1. The first-order valence-corrected chi connectivity index (χ1v) is 26.9. The number of rotatable bonds is 36. The molecule has 382 valence electrons. The van der Waals surface area contributed by atoms with E-state index in [1.54, 1.807) is 48.5 Å². The van der Waals surface area contributed by atoms with Crippen LogP contribution in [0.5, 0.6) is 23.0 Å². The van der Waals surface area contributed by atoms with Crippen LogP contribution < -0.4 is 18.9 Å². The summed E-state index contributed by atoms with van der Waals surface area (Å²) in [4.78, 5) is 26.2. The normalized spacial score (nSPS) is 11.2. The maximum Gasteiger partial charge on any atom is 0.343 e. The van der Waals surface area contributed by atoms with Crippen molar-refractivity contribution in [3.05, 3.63) is 132 Å². The van der Waals surface area contributed by atoms with Gasteiger partial charge in [-0.2, -0.15) is 25.7 Å². The molecule has 0 radical (unpaired) electrons. The first kappa shape index (κ1) is 56.2. The SMILES string of the molecule is CCCCCCCCCCCCCCOc1ccc(N=Nc2ccc(C(=O)Oc3ccc(C#N)c(OC(=O)c4ccc(N=Nc5ccc(OCCCCCCCCCCCCCC)cc5)cc4)c3)cc2)cc1. The van der Waals surface area contributed by atoms with Gasteiger partial charge in [0.1, 0.15) is 23.3 Å². The molecule has 0 aliphatic rings. The summed E-state index contributed by atoms with van der Waals surface area (Å²) in [5.74, 6) is 0.322. The molecule has 11 heteroatoms. The van der Waals surface area contributed by atoms with Gasteiger partial charge >= 0.3 is 11.9 Å². The quantitative estimate of drug-likeness (QED) is 0.0168. The minimum atomic E-state index is -0.698. The van der Waals surface area contributed by atoms with Crippen molar-refractivity contribution in [2.24, 2.45) is 20.5 Å². The van der Waals surface area contributed by atoms with E-state index in [9.17, 15) is 14.9 Å². The molecule has 0 aliphatic heterocycles. The Labute approximate surface area is 429 Å². The van der Waals surface area contributed by atoms with Crippen LogP contribution in [0.1, 0.15) is 194 Å². The molecule has 0 aromatic heterocycles. The van der Waals surface area contributed by atoms with Crippen molar-refractivity contribution in [1.82, 2.24) is 0 Å². The minimum absolute atomic E-state index is 0.0481. The lowest BCUT2D eigenvalue weighted by Gasteiger charge is -2.09. The third-order valence-corrected chi connectivity index (χ3v) is 12.5. The maximum absolute atomic E-state index is 13.2. The number of benzene rings is 5. The van der Waals surface area contributed by atoms with Crippen molar-refractivity contribution >= 4 is 34.7 Å². The van der Waals surface area contributed by atoms with Crippen molar-refractivity contribution in [3.63, 3.8) is 0 Å². The van der Waals surface area contributed by atoms with Gasteiger partial charge in [-0.3, -0.25) is 0 Å². The van der Waals surface area contributed by atoms with Gasteiger partial charge in [-0.25, -0.2) is 9.59 Å². The van der Waals surface area contributed by atoms with Gasteiger partial charge in [-0.1, -0.05) is 155 Å². The molecule has 0 amide bonds. The van der Waals surface area contributed by atoms with Crippen LogP contribution in [0.4, 0.5) is 22.7 Å². The van der Waals surface area contributed by atoms with Gasteiger partial charge in [0.15, 0.2) is 5.75 Å². The molecule has 0 spiro atoms. The van der Waals surface area contributed by atoms with Crippen LogP contribution in [0.15, 0.2) is 136 Å². The van der Waals surface area contributed by atoms with E-state index in [1.165, 1.54) is 159 Å². The highest BCUT2D eigenvalue weighted by Gasteiger charge is 2.16. The molecule has 11 nitrogen and oxygen atoms in total. The lowest BCUT2D eigenvalue weighted by molar-refractivity contribution is 0.0732. The molecule has 5 aromatic rings. The Balaban J connectivity index is 0.979. The van der Waals surface area contributed by atoms with E-state index in [0.717, 1.165) is 24.3 Å². The summed E-state index contributed by atoms with van der Waals surface area (Å²) in [6.07, 6.45) is 31.4. The minimum Gasteiger partial charge on any atom is -0.494 e. The molecule has 0 N–H and O–H groups in total. The Hall–Kier alpha value is -6.67. The summed E-state index contributed by atoms with van der Waals surface area (Å²) in [6.45, 7) is 5.92. The van der Waals surface area contributed by atoms with Crippen LogP contribution in [0.3, 0.4) is 0 Å². The summed E-state index contributed by atoms with van der Waals surface area (Å²) >= 11 is 0. The van der Waals surface area contributed by atoms with E-state index >= 15 is 0 Å². The third kappa shape index (κ3) is 22.6. The molecular formula is C61H77N5O6. The van der Waals surface area contributed by atoms with Crippen LogP contribution in [-0.2, 0) is 0 Å². The monoisotopic (exact) mass is 976 g/mol. The summed E-state index contributed by atoms with van der Waals surface area (Å²) in [6, 6.07) is 34.2. The molecule has 0 aliphatic carbocycles. The topological polar surface area (TPSA) is 144 Å². The summed E-state index contributed by atoms with van der Waals surface area (Å²) < 4.78 is 23.1. The molecule has 0 unspecified atom stereocenters. The summed E-state index contributed by atoms with van der Waals surface area (Å²) in [5, 5.41) is 27.0. The second kappa shape index (κ2) is 34.6. The average Bonchev–Trinajstić information content (AvgIpc) is 3.41. The lowest BCUT2D eigenvalue weighted by Crippen LogP contribution is -2.11.